The number of anilines is 1. The minimum Gasteiger partial charge on any atom is -0.497 e. The number of nitrogens with one attached hydrogen (secondary N) is 1. The third kappa shape index (κ3) is 4.69. The molecule has 0 aliphatic heterocycles. The minimum atomic E-state index is -0.884. The second-order valence-corrected chi connectivity index (χ2v) is 8.16. The first-order valence-corrected chi connectivity index (χ1v) is 10.9. The number of hydrogen-bond donors (Lipinski definition) is 1. The van der Waals surface area contributed by atoms with Crippen molar-refractivity contribution in [3.8, 4) is 5.75 Å². The molecule has 1 N–H and O–H groups in total. The molecule has 166 valence electrons. The van der Waals surface area contributed by atoms with Gasteiger partial charge in [0, 0.05) is 11.7 Å². The summed E-state index contributed by atoms with van der Waals surface area (Å²) in [6, 6.07) is 17.4. The molecule has 2 amide bonds. The van der Waals surface area contributed by atoms with Crippen molar-refractivity contribution in [1.82, 2.24) is 5.32 Å². The highest BCUT2D eigenvalue weighted by molar-refractivity contribution is 6.08. The molecule has 32 heavy (non-hydrogen) atoms. The molecular formula is C26H28N2O4. The molecule has 6 nitrogen and oxygen atoms in total. The van der Waals surface area contributed by atoms with Crippen LogP contribution in [0.2, 0.25) is 0 Å². The van der Waals surface area contributed by atoms with Crippen LogP contribution in [0.4, 0.5) is 5.69 Å². The third-order valence-corrected chi connectivity index (χ3v) is 5.85. The number of aryl methyl sites for hydroxylation is 1. The van der Waals surface area contributed by atoms with Crippen molar-refractivity contribution in [2.75, 3.05) is 12.0 Å². The zero-order chi connectivity index (χ0) is 22.5. The van der Waals surface area contributed by atoms with Gasteiger partial charge in [-0.3, -0.25) is 14.5 Å². The third-order valence-electron chi connectivity index (χ3n) is 5.85. The highest BCUT2D eigenvalue weighted by Gasteiger charge is 2.36. The molecule has 1 unspecified atom stereocenters. The topological polar surface area (TPSA) is 71.8 Å². The molecule has 1 saturated carbocycles. The molecule has 1 aliphatic carbocycles. The molecule has 6 heteroatoms. The summed E-state index contributed by atoms with van der Waals surface area (Å²) in [5.41, 5.74) is 2.28. The number of rotatable bonds is 7. The minimum absolute atomic E-state index is 0.119. The van der Waals surface area contributed by atoms with Gasteiger partial charge in [-0.15, -0.1) is 0 Å². The normalized spacial score (nSPS) is 14.7. The quantitative estimate of drug-likeness (QED) is 0.568. The second kappa shape index (κ2) is 9.73. The number of carbonyl (C=O) groups is 2. The molecule has 0 bridgehead atoms. The fourth-order valence-electron chi connectivity index (χ4n) is 4.26. The zero-order valence-electron chi connectivity index (χ0n) is 18.4. The summed E-state index contributed by atoms with van der Waals surface area (Å²) in [4.78, 5) is 28.9. The van der Waals surface area contributed by atoms with Crippen molar-refractivity contribution in [2.24, 2.45) is 0 Å². The van der Waals surface area contributed by atoms with E-state index in [1.54, 1.807) is 25.3 Å². The lowest BCUT2D eigenvalue weighted by atomic mass is 10.0. The maximum Gasteiger partial charge on any atom is 0.294 e. The predicted octanol–water partition coefficient (Wildman–Crippen LogP) is 5.04. The van der Waals surface area contributed by atoms with Crippen LogP contribution in [0, 0.1) is 6.92 Å². The molecule has 1 heterocycles. The van der Waals surface area contributed by atoms with Gasteiger partial charge in [0.25, 0.3) is 5.91 Å². The number of hydrogen-bond acceptors (Lipinski definition) is 4. The summed E-state index contributed by atoms with van der Waals surface area (Å²) < 4.78 is 10.8. The summed E-state index contributed by atoms with van der Waals surface area (Å²) in [6.45, 7) is 1.96. The monoisotopic (exact) mass is 432 g/mol. The molecule has 2 aromatic carbocycles. The van der Waals surface area contributed by atoms with Gasteiger partial charge in [-0.1, -0.05) is 37.1 Å². The number of ether oxygens (including phenoxy) is 1. The van der Waals surface area contributed by atoms with Crippen molar-refractivity contribution in [3.63, 3.8) is 0 Å². The SMILES string of the molecule is COc1cccc(C(C(=O)NC2CCCC2)N(C(=O)c2ccco2)c2cccc(C)c2)c1. The van der Waals surface area contributed by atoms with E-state index in [0.29, 0.717) is 17.0 Å². The summed E-state index contributed by atoms with van der Waals surface area (Å²) in [6.07, 6.45) is 5.56. The van der Waals surface area contributed by atoms with E-state index < -0.39 is 6.04 Å². The lowest BCUT2D eigenvalue weighted by molar-refractivity contribution is -0.123. The van der Waals surface area contributed by atoms with Crippen molar-refractivity contribution < 1.29 is 18.7 Å². The van der Waals surface area contributed by atoms with E-state index in [-0.39, 0.29) is 23.6 Å². The molecule has 0 spiro atoms. The van der Waals surface area contributed by atoms with E-state index in [9.17, 15) is 9.59 Å². The average molecular weight is 433 g/mol. The van der Waals surface area contributed by atoms with Crippen LogP contribution in [0.1, 0.15) is 53.4 Å². The summed E-state index contributed by atoms with van der Waals surface area (Å²) in [5.74, 6) is 0.199. The first-order valence-electron chi connectivity index (χ1n) is 10.9. The fraction of sp³-hybridized carbons (Fsp3) is 0.308. The van der Waals surface area contributed by atoms with Gasteiger partial charge in [0.05, 0.1) is 13.4 Å². The Hall–Kier alpha value is -3.54. The highest BCUT2D eigenvalue weighted by atomic mass is 16.5. The van der Waals surface area contributed by atoms with E-state index in [0.717, 1.165) is 31.2 Å². The maximum atomic E-state index is 13.7. The Balaban J connectivity index is 1.82. The Labute approximate surface area is 188 Å². The van der Waals surface area contributed by atoms with Gasteiger partial charge in [-0.2, -0.15) is 0 Å². The number of furan rings is 1. The van der Waals surface area contributed by atoms with Gasteiger partial charge in [-0.25, -0.2) is 0 Å². The van der Waals surface area contributed by atoms with Gasteiger partial charge < -0.3 is 14.5 Å². The number of amides is 2. The number of nitrogens with zero attached hydrogens (tertiary/aromatic N) is 1. The Morgan fingerprint density at radius 2 is 1.84 bits per heavy atom. The van der Waals surface area contributed by atoms with Crippen LogP contribution in [-0.2, 0) is 4.79 Å². The number of benzene rings is 2. The first-order chi connectivity index (χ1) is 15.6. The number of methoxy groups -OCH3 is 1. The van der Waals surface area contributed by atoms with E-state index in [4.69, 9.17) is 9.15 Å². The lowest BCUT2D eigenvalue weighted by Crippen LogP contribution is -2.46. The van der Waals surface area contributed by atoms with Crippen molar-refractivity contribution in [3.05, 3.63) is 83.8 Å². The van der Waals surface area contributed by atoms with Crippen molar-refractivity contribution in [1.29, 1.82) is 0 Å². The van der Waals surface area contributed by atoms with Gasteiger partial charge in [0.15, 0.2) is 5.76 Å². The largest absolute Gasteiger partial charge is 0.497 e. The molecule has 1 fully saturated rings. The summed E-state index contributed by atoms with van der Waals surface area (Å²) >= 11 is 0. The first kappa shape index (κ1) is 21.7. The molecule has 0 radical (unpaired) electrons. The van der Waals surface area contributed by atoms with E-state index in [1.807, 2.05) is 49.4 Å². The van der Waals surface area contributed by atoms with E-state index in [1.165, 1.54) is 11.2 Å². The van der Waals surface area contributed by atoms with Crippen LogP contribution >= 0.6 is 0 Å². The van der Waals surface area contributed by atoms with Crippen LogP contribution in [0.3, 0.4) is 0 Å². The van der Waals surface area contributed by atoms with Crippen LogP contribution in [0.15, 0.2) is 71.3 Å². The predicted molar refractivity (Wildman–Crippen MR) is 123 cm³/mol. The fourth-order valence-corrected chi connectivity index (χ4v) is 4.26. The van der Waals surface area contributed by atoms with Gasteiger partial charge in [-0.05, 0) is 67.3 Å². The Kier molecular flexibility index (Phi) is 6.59. The molecular weight excluding hydrogens is 404 g/mol. The van der Waals surface area contributed by atoms with Crippen LogP contribution in [0.5, 0.6) is 5.75 Å². The molecule has 4 rings (SSSR count). The average Bonchev–Trinajstić information content (AvgIpc) is 3.51. The van der Waals surface area contributed by atoms with Gasteiger partial charge in [0.1, 0.15) is 11.8 Å². The van der Waals surface area contributed by atoms with Crippen molar-refractivity contribution >= 4 is 17.5 Å². The van der Waals surface area contributed by atoms with Crippen molar-refractivity contribution in [2.45, 2.75) is 44.7 Å². The van der Waals surface area contributed by atoms with Crippen LogP contribution in [0.25, 0.3) is 0 Å². The Morgan fingerprint density at radius 3 is 2.53 bits per heavy atom. The Morgan fingerprint density at radius 1 is 1.06 bits per heavy atom. The zero-order valence-corrected chi connectivity index (χ0v) is 18.4. The second-order valence-electron chi connectivity index (χ2n) is 8.16. The van der Waals surface area contributed by atoms with Crippen LogP contribution in [-0.4, -0.2) is 25.0 Å². The van der Waals surface area contributed by atoms with Crippen LogP contribution < -0.4 is 15.0 Å². The van der Waals surface area contributed by atoms with Gasteiger partial charge >= 0.3 is 0 Å². The Bertz CT molecular complexity index is 1070. The highest BCUT2D eigenvalue weighted by Crippen LogP contribution is 2.32. The maximum absolute atomic E-state index is 13.7. The van der Waals surface area contributed by atoms with E-state index in [2.05, 4.69) is 5.32 Å². The molecule has 1 atom stereocenters. The number of carbonyl (C=O) groups excluding carboxylic acids is 2. The van der Waals surface area contributed by atoms with Gasteiger partial charge in [0.2, 0.25) is 5.91 Å². The summed E-state index contributed by atoms with van der Waals surface area (Å²) in [7, 11) is 1.58. The molecule has 0 saturated heterocycles. The molecule has 1 aliphatic rings. The standard InChI is InChI=1S/C26H28N2O4/c1-18-8-5-12-21(16-18)28(26(30)23-14-7-15-32-23)24(19-9-6-13-22(17-19)31-2)25(29)27-20-10-3-4-11-20/h5-9,12-17,20,24H,3-4,10-11H2,1-2H3,(H,27,29). The molecule has 3 aromatic rings. The smallest absolute Gasteiger partial charge is 0.294 e. The van der Waals surface area contributed by atoms with E-state index >= 15 is 0 Å². The summed E-state index contributed by atoms with van der Waals surface area (Å²) in [5, 5.41) is 3.18. The lowest BCUT2D eigenvalue weighted by Gasteiger charge is -2.32. The molecule has 1 aromatic heterocycles.